The lowest BCUT2D eigenvalue weighted by molar-refractivity contribution is -0.135. The minimum Gasteiger partial charge on any atom is -0.507 e. The van der Waals surface area contributed by atoms with Crippen molar-refractivity contribution in [2.45, 2.75) is 65.0 Å². The normalized spacial score (nSPS) is 11.7. The van der Waals surface area contributed by atoms with Crippen LogP contribution in [-0.4, -0.2) is 23.5 Å². The first kappa shape index (κ1) is 19.5. The molecule has 0 radical (unpaired) electrons. The van der Waals surface area contributed by atoms with Gasteiger partial charge in [0.15, 0.2) is 11.5 Å². The molecule has 0 saturated heterocycles. The third-order valence-corrected chi connectivity index (χ3v) is 4.10. The van der Waals surface area contributed by atoms with Gasteiger partial charge in [-0.1, -0.05) is 19.3 Å². The average molecular weight is 334 g/mol. The Bertz CT molecular complexity index is 525. The Hall–Kier alpha value is -1.59. The lowest BCUT2D eigenvalue weighted by Gasteiger charge is -2.16. The van der Waals surface area contributed by atoms with Crippen LogP contribution in [0.2, 0.25) is 0 Å². The second-order valence-electron chi connectivity index (χ2n) is 5.84. The molecule has 132 valence electrons. The zero-order valence-electron chi connectivity index (χ0n) is 13.9. The molecule has 3 nitrogen and oxygen atoms in total. The molecule has 0 atom stereocenters. The first-order valence-electron chi connectivity index (χ1n) is 7.83. The lowest BCUT2D eigenvalue weighted by atomic mass is 9.96. The van der Waals surface area contributed by atoms with E-state index in [4.69, 9.17) is 4.74 Å². The zero-order valence-corrected chi connectivity index (χ0v) is 13.9. The van der Waals surface area contributed by atoms with Crippen molar-refractivity contribution < 1.29 is 28.1 Å². The van der Waals surface area contributed by atoms with E-state index in [1.54, 1.807) is 13.8 Å². The quantitative estimate of drug-likeness (QED) is 0.509. The van der Waals surface area contributed by atoms with Gasteiger partial charge in [-0.3, -0.25) is 0 Å². The van der Waals surface area contributed by atoms with Crippen LogP contribution >= 0.6 is 0 Å². The molecule has 0 aliphatic rings. The predicted octanol–water partition coefficient (Wildman–Crippen LogP) is 5.17. The molecule has 0 bridgehead atoms. The number of ether oxygens (including phenoxy) is 1. The number of unbranched alkanes of at least 4 members (excludes halogenated alkanes) is 4. The summed E-state index contributed by atoms with van der Waals surface area (Å²) in [5, 5.41) is 20.3. The molecule has 6 heteroatoms. The first-order valence-corrected chi connectivity index (χ1v) is 7.83. The van der Waals surface area contributed by atoms with Gasteiger partial charge in [-0.05, 0) is 38.7 Å². The van der Waals surface area contributed by atoms with Gasteiger partial charge in [0.2, 0.25) is 0 Å². The Morgan fingerprint density at radius 3 is 2.00 bits per heavy atom. The van der Waals surface area contributed by atoms with Crippen LogP contribution in [0.25, 0.3) is 0 Å². The van der Waals surface area contributed by atoms with Gasteiger partial charge in [-0.25, -0.2) is 0 Å². The second kappa shape index (κ2) is 8.31. The maximum absolute atomic E-state index is 12.0. The van der Waals surface area contributed by atoms with E-state index in [-0.39, 0.29) is 23.7 Å². The minimum absolute atomic E-state index is 0.0392. The van der Waals surface area contributed by atoms with Crippen LogP contribution in [0.5, 0.6) is 17.2 Å². The van der Waals surface area contributed by atoms with Gasteiger partial charge in [0.25, 0.3) is 0 Å². The number of rotatable bonds is 8. The van der Waals surface area contributed by atoms with E-state index in [2.05, 4.69) is 0 Å². The Kier molecular flexibility index (Phi) is 7.03. The van der Waals surface area contributed by atoms with Gasteiger partial charge >= 0.3 is 6.18 Å². The summed E-state index contributed by atoms with van der Waals surface area (Å²) >= 11 is 0. The van der Waals surface area contributed by atoms with E-state index in [1.807, 2.05) is 0 Å². The molecule has 1 rings (SSSR count). The Labute approximate surface area is 135 Å². The molecule has 23 heavy (non-hydrogen) atoms. The summed E-state index contributed by atoms with van der Waals surface area (Å²) in [6.07, 6.45) is -1.28. The largest absolute Gasteiger partial charge is 0.507 e. The molecule has 0 saturated carbocycles. The molecule has 0 spiro atoms. The van der Waals surface area contributed by atoms with Crippen molar-refractivity contribution in [1.82, 2.24) is 0 Å². The number of hydrogen-bond donors (Lipinski definition) is 2. The standard InChI is InChI=1S/C17H25F3O3/c1-11-13(15(22)16(23-3)12(2)14(11)21)9-7-5-4-6-8-10-17(18,19)20/h21-22H,4-10H2,1-3H3. The molecular weight excluding hydrogens is 309 g/mol. The van der Waals surface area contributed by atoms with Crippen molar-refractivity contribution in [2.24, 2.45) is 0 Å². The van der Waals surface area contributed by atoms with Crippen molar-refractivity contribution in [3.05, 3.63) is 16.7 Å². The van der Waals surface area contributed by atoms with Crippen molar-refractivity contribution in [3.8, 4) is 17.2 Å². The number of methoxy groups -OCH3 is 1. The second-order valence-corrected chi connectivity index (χ2v) is 5.84. The molecule has 0 unspecified atom stereocenters. The molecule has 0 fully saturated rings. The molecule has 1 aromatic rings. The van der Waals surface area contributed by atoms with Gasteiger partial charge in [-0.2, -0.15) is 13.2 Å². The summed E-state index contributed by atoms with van der Waals surface area (Å²) in [6, 6.07) is 0. The summed E-state index contributed by atoms with van der Waals surface area (Å²) < 4.78 is 41.2. The summed E-state index contributed by atoms with van der Waals surface area (Å²) in [7, 11) is 1.43. The fourth-order valence-corrected chi connectivity index (χ4v) is 2.74. The molecule has 2 N–H and O–H groups in total. The average Bonchev–Trinajstić information content (AvgIpc) is 2.46. The molecule has 1 aromatic carbocycles. The molecule has 0 amide bonds. The van der Waals surface area contributed by atoms with E-state index in [9.17, 15) is 23.4 Å². The third-order valence-electron chi connectivity index (χ3n) is 4.10. The molecule has 0 aliphatic carbocycles. The molecule has 0 aromatic heterocycles. The van der Waals surface area contributed by atoms with Crippen molar-refractivity contribution in [3.63, 3.8) is 0 Å². The Balaban J connectivity index is 2.51. The maximum atomic E-state index is 12.0. The highest BCUT2D eigenvalue weighted by molar-refractivity contribution is 5.61. The van der Waals surface area contributed by atoms with Crippen LogP contribution in [0.3, 0.4) is 0 Å². The lowest BCUT2D eigenvalue weighted by Crippen LogP contribution is -2.06. The molecule has 0 aliphatic heterocycles. The smallest absolute Gasteiger partial charge is 0.389 e. The molecular formula is C17H25F3O3. The zero-order chi connectivity index (χ0) is 17.6. The van der Waals surface area contributed by atoms with Gasteiger partial charge in [-0.15, -0.1) is 0 Å². The Morgan fingerprint density at radius 2 is 1.43 bits per heavy atom. The van der Waals surface area contributed by atoms with E-state index >= 15 is 0 Å². The maximum Gasteiger partial charge on any atom is 0.389 e. The summed E-state index contributed by atoms with van der Waals surface area (Å²) in [5.41, 5.74) is 1.76. The van der Waals surface area contributed by atoms with E-state index in [1.165, 1.54) is 7.11 Å². The summed E-state index contributed by atoms with van der Waals surface area (Å²) in [4.78, 5) is 0. The highest BCUT2D eigenvalue weighted by atomic mass is 19.4. The topological polar surface area (TPSA) is 49.7 Å². The van der Waals surface area contributed by atoms with Crippen LogP contribution in [0.4, 0.5) is 13.2 Å². The first-order chi connectivity index (χ1) is 10.7. The SMILES string of the molecule is COc1c(C)c(O)c(C)c(CCCCCCCC(F)(F)F)c1O. The Morgan fingerprint density at radius 1 is 0.870 bits per heavy atom. The van der Waals surface area contributed by atoms with Gasteiger partial charge < -0.3 is 14.9 Å². The van der Waals surface area contributed by atoms with E-state index in [0.717, 1.165) is 19.3 Å². The van der Waals surface area contributed by atoms with Crippen molar-refractivity contribution in [1.29, 1.82) is 0 Å². The minimum atomic E-state index is -4.07. The van der Waals surface area contributed by atoms with Crippen LogP contribution in [0.15, 0.2) is 0 Å². The number of alkyl halides is 3. The number of halogens is 3. The third kappa shape index (κ3) is 5.52. The van der Waals surface area contributed by atoms with Gasteiger partial charge in [0.1, 0.15) is 5.75 Å². The number of phenols is 2. The number of aromatic hydroxyl groups is 2. The highest BCUT2D eigenvalue weighted by Gasteiger charge is 2.25. The fourth-order valence-electron chi connectivity index (χ4n) is 2.74. The van der Waals surface area contributed by atoms with Crippen molar-refractivity contribution in [2.75, 3.05) is 7.11 Å². The monoisotopic (exact) mass is 334 g/mol. The van der Waals surface area contributed by atoms with Crippen molar-refractivity contribution >= 4 is 0 Å². The number of phenolic OH excluding ortho intramolecular Hbond substituents is 2. The van der Waals surface area contributed by atoms with E-state index in [0.29, 0.717) is 29.5 Å². The summed E-state index contributed by atoms with van der Waals surface area (Å²) in [6.45, 7) is 3.41. The highest BCUT2D eigenvalue weighted by Crippen LogP contribution is 2.42. The molecule has 0 heterocycles. The van der Waals surface area contributed by atoms with E-state index < -0.39 is 12.6 Å². The van der Waals surface area contributed by atoms with Gasteiger partial charge in [0, 0.05) is 17.5 Å². The number of hydrogen-bond acceptors (Lipinski definition) is 3. The predicted molar refractivity (Wildman–Crippen MR) is 83.3 cm³/mol. The van der Waals surface area contributed by atoms with Crippen LogP contribution in [0, 0.1) is 13.8 Å². The van der Waals surface area contributed by atoms with Crippen LogP contribution < -0.4 is 4.74 Å². The fraction of sp³-hybridized carbons (Fsp3) is 0.647. The number of benzene rings is 1. The van der Waals surface area contributed by atoms with Gasteiger partial charge in [0.05, 0.1) is 7.11 Å². The van der Waals surface area contributed by atoms with Crippen LogP contribution in [-0.2, 0) is 6.42 Å². The van der Waals surface area contributed by atoms with Crippen LogP contribution in [0.1, 0.15) is 55.2 Å². The summed E-state index contributed by atoms with van der Waals surface area (Å²) in [5.74, 6) is 0.422.